The van der Waals surface area contributed by atoms with Crippen LogP contribution in [-0.2, 0) is 4.79 Å². The number of anilines is 1. The minimum atomic E-state index is -0.114. The van der Waals surface area contributed by atoms with Gasteiger partial charge in [-0.3, -0.25) is 4.79 Å². The van der Waals surface area contributed by atoms with Gasteiger partial charge in [0.2, 0.25) is 5.91 Å². The molecule has 6 rings (SSSR count). The van der Waals surface area contributed by atoms with Crippen molar-refractivity contribution in [2.45, 2.75) is 45.4 Å². The number of amides is 1. The minimum Gasteiger partial charge on any atom is -0.326 e. The Morgan fingerprint density at radius 2 is 1.84 bits per heavy atom. The highest BCUT2D eigenvalue weighted by Gasteiger charge is 2.54. The van der Waals surface area contributed by atoms with Crippen LogP contribution in [0.15, 0.2) is 24.5 Å². The third-order valence-corrected chi connectivity index (χ3v) is 6.57. The highest BCUT2D eigenvalue weighted by Crippen LogP contribution is 2.60. The molecule has 25 heavy (non-hydrogen) atoms. The first-order valence-electron chi connectivity index (χ1n) is 9.27. The van der Waals surface area contributed by atoms with Crippen LogP contribution in [0.5, 0.6) is 0 Å². The smallest absolute Gasteiger partial charge is 0.230 e. The third kappa shape index (κ3) is 2.46. The van der Waals surface area contributed by atoms with Gasteiger partial charge in [0.25, 0.3) is 0 Å². The zero-order valence-electron chi connectivity index (χ0n) is 14.5. The van der Waals surface area contributed by atoms with E-state index >= 15 is 0 Å². The molecule has 0 aliphatic heterocycles. The van der Waals surface area contributed by atoms with E-state index in [0.717, 1.165) is 54.0 Å². The number of hydrogen-bond donors (Lipinski definition) is 1. The van der Waals surface area contributed by atoms with Crippen LogP contribution in [0, 0.1) is 30.1 Å². The molecule has 1 heterocycles. The van der Waals surface area contributed by atoms with Gasteiger partial charge in [-0.25, -0.2) is 4.68 Å². The van der Waals surface area contributed by atoms with Crippen molar-refractivity contribution >= 4 is 11.6 Å². The lowest BCUT2D eigenvalue weighted by Crippen LogP contribution is -2.51. The highest BCUT2D eigenvalue weighted by atomic mass is 16.2. The Bertz CT molecular complexity index is 778. The molecule has 0 radical (unpaired) electrons. The largest absolute Gasteiger partial charge is 0.326 e. The fourth-order valence-corrected chi connectivity index (χ4v) is 5.91. The molecule has 1 N–H and O–H groups in total. The molecule has 1 aromatic heterocycles. The van der Waals surface area contributed by atoms with Crippen molar-refractivity contribution in [1.29, 1.82) is 0 Å². The van der Waals surface area contributed by atoms with E-state index in [9.17, 15) is 4.79 Å². The lowest BCUT2D eigenvalue weighted by molar-refractivity contribution is -0.140. The first-order valence-corrected chi connectivity index (χ1v) is 9.27. The molecular weight excluding hydrogens is 314 g/mol. The van der Waals surface area contributed by atoms with Crippen molar-refractivity contribution < 1.29 is 4.79 Å². The molecule has 2 aromatic rings. The number of nitrogens with zero attached hydrogens (tertiary/aromatic N) is 4. The summed E-state index contributed by atoms with van der Waals surface area (Å²) in [6.07, 6.45) is 8.91. The van der Waals surface area contributed by atoms with Crippen molar-refractivity contribution in [3.05, 3.63) is 30.1 Å². The second-order valence-corrected chi connectivity index (χ2v) is 8.41. The van der Waals surface area contributed by atoms with Crippen molar-refractivity contribution in [2.75, 3.05) is 5.32 Å². The Morgan fingerprint density at radius 3 is 2.40 bits per heavy atom. The monoisotopic (exact) mass is 337 g/mol. The lowest BCUT2D eigenvalue weighted by Gasteiger charge is -2.55. The van der Waals surface area contributed by atoms with Gasteiger partial charge in [-0.1, -0.05) is 0 Å². The molecule has 4 aliphatic carbocycles. The average Bonchev–Trinajstić information content (AvgIpc) is 3.08. The van der Waals surface area contributed by atoms with Gasteiger partial charge in [-0.05, 0) is 97.4 Å². The van der Waals surface area contributed by atoms with Gasteiger partial charge in [0.15, 0.2) is 0 Å². The summed E-state index contributed by atoms with van der Waals surface area (Å²) in [5.41, 5.74) is 2.72. The van der Waals surface area contributed by atoms with E-state index in [1.54, 1.807) is 11.0 Å². The van der Waals surface area contributed by atoms with Crippen molar-refractivity contribution in [1.82, 2.24) is 20.2 Å². The Kier molecular flexibility index (Phi) is 3.24. The number of carbonyl (C=O) groups is 1. The third-order valence-electron chi connectivity index (χ3n) is 6.57. The van der Waals surface area contributed by atoms with E-state index in [-0.39, 0.29) is 11.3 Å². The molecule has 0 spiro atoms. The molecule has 0 unspecified atom stereocenters. The van der Waals surface area contributed by atoms with Crippen LogP contribution in [0.2, 0.25) is 0 Å². The second-order valence-electron chi connectivity index (χ2n) is 8.41. The number of aryl methyl sites for hydroxylation is 1. The number of aromatic nitrogens is 4. The summed E-state index contributed by atoms with van der Waals surface area (Å²) in [5, 5.41) is 14.5. The van der Waals surface area contributed by atoms with Crippen LogP contribution < -0.4 is 5.32 Å². The fraction of sp³-hybridized carbons (Fsp3) is 0.579. The number of benzene rings is 1. The molecule has 4 saturated carbocycles. The predicted molar refractivity (Wildman–Crippen MR) is 93.1 cm³/mol. The van der Waals surface area contributed by atoms with Crippen molar-refractivity contribution in [3.63, 3.8) is 0 Å². The summed E-state index contributed by atoms with van der Waals surface area (Å²) >= 11 is 0. The second kappa shape index (κ2) is 5.38. The number of hydrogen-bond acceptors (Lipinski definition) is 4. The summed E-state index contributed by atoms with van der Waals surface area (Å²) < 4.78 is 1.64. The first kappa shape index (κ1) is 15.0. The maximum Gasteiger partial charge on any atom is 0.230 e. The number of carbonyl (C=O) groups excluding carboxylic acids is 1. The Morgan fingerprint density at radius 1 is 1.16 bits per heavy atom. The van der Waals surface area contributed by atoms with Crippen LogP contribution in [-0.4, -0.2) is 26.1 Å². The summed E-state index contributed by atoms with van der Waals surface area (Å²) in [4.78, 5) is 13.1. The molecule has 4 bridgehead atoms. The summed E-state index contributed by atoms with van der Waals surface area (Å²) in [7, 11) is 0. The summed E-state index contributed by atoms with van der Waals surface area (Å²) in [6.45, 7) is 2.01. The Hall–Kier alpha value is -2.24. The SMILES string of the molecule is Cc1cc(NC(=O)C23CC4CC(CC(C4)C2)C3)ccc1-n1cnnn1. The van der Waals surface area contributed by atoms with Gasteiger partial charge in [0.1, 0.15) is 6.33 Å². The topological polar surface area (TPSA) is 72.7 Å². The maximum absolute atomic E-state index is 13.1. The van der Waals surface area contributed by atoms with Crippen molar-refractivity contribution in [2.24, 2.45) is 23.2 Å². The van der Waals surface area contributed by atoms with E-state index in [4.69, 9.17) is 0 Å². The Labute approximate surface area is 147 Å². The quantitative estimate of drug-likeness (QED) is 0.934. The maximum atomic E-state index is 13.1. The van der Waals surface area contributed by atoms with Crippen LogP contribution in [0.1, 0.15) is 44.1 Å². The zero-order valence-corrected chi connectivity index (χ0v) is 14.5. The molecule has 4 aliphatic rings. The van der Waals surface area contributed by atoms with Gasteiger partial charge in [0.05, 0.1) is 11.1 Å². The molecule has 6 heteroatoms. The fourth-order valence-electron chi connectivity index (χ4n) is 5.91. The van der Waals surface area contributed by atoms with Gasteiger partial charge < -0.3 is 5.32 Å². The van der Waals surface area contributed by atoms with Gasteiger partial charge in [0, 0.05) is 5.69 Å². The summed E-state index contributed by atoms with van der Waals surface area (Å²) in [5.74, 6) is 2.57. The van der Waals surface area contributed by atoms with Crippen LogP contribution in [0.4, 0.5) is 5.69 Å². The highest BCUT2D eigenvalue weighted by molar-refractivity contribution is 5.95. The molecule has 0 atom stereocenters. The number of tetrazole rings is 1. The molecule has 0 saturated heterocycles. The average molecular weight is 337 g/mol. The molecular formula is C19H23N5O. The normalized spacial score (nSPS) is 32.8. The van der Waals surface area contributed by atoms with E-state index in [2.05, 4.69) is 20.8 Å². The molecule has 130 valence electrons. The first-order chi connectivity index (χ1) is 12.1. The van der Waals surface area contributed by atoms with Crippen molar-refractivity contribution in [3.8, 4) is 5.69 Å². The van der Waals surface area contributed by atoms with Crippen LogP contribution in [0.3, 0.4) is 0 Å². The Balaban J connectivity index is 1.37. The number of nitrogens with one attached hydrogen (secondary N) is 1. The van der Waals surface area contributed by atoms with Gasteiger partial charge in [-0.2, -0.15) is 0 Å². The van der Waals surface area contributed by atoms with E-state index in [1.807, 2.05) is 25.1 Å². The minimum absolute atomic E-state index is 0.114. The van der Waals surface area contributed by atoms with E-state index < -0.39 is 0 Å². The number of rotatable bonds is 3. The standard InChI is InChI=1S/C19H23N5O/c1-12-4-16(2-3-17(12)24-11-20-22-23-24)21-18(25)19-8-13-5-14(9-19)7-15(6-13)10-19/h2-4,11,13-15H,5-10H2,1H3,(H,21,25). The molecule has 1 amide bonds. The van der Waals surface area contributed by atoms with Gasteiger partial charge >= 0.3 is 0 Å². The van der Waals surface area contributed by atoms with E-state index in [1.165, 1.54) is 19.3 Å². The van der Waals surface area contributed by atoms with Gasteiger partial charge in [-0.15, -0.1) is 5.10 Å². The van der Waals surface area contributed by atoms with Crippen LogP contribution >= 0.6 is 0 Å². The molecule has 4 fully saturated rings. The molecule has 6 nitrogen and oxygen atoms in total. The molecule has 1 aromatic carbocycles. The lowest BCUT2D eigenvalue weighted by atomic mass is 9.49. The zero-order chi connectivity index (χ0) is 17.0. The van der Waals surface area contributed by atoms with Crippen LogP contribution in [0.25, 0.3) is 5.69 Å². The van der Waals surface area contributed by atoms with E-state index in [0.29, 0.717) is 0 Å². The summed E-state index contributed by atoms with van der Waals surface area (Å²) in [6, 6.07) is 5.92. The predicted octanol–water partition coefficient (Wildman–Crippen LogP) is 3.13.